The molecule has 1 saturated carbocycles. The summed E-state index contributed by atoms with van der Waals surface area (Å²) >= 11 is 0. The van der Waals surface area contributed by atoms with Gasteiger partial charge < -0.3 is 14.8 Å². The lowest BCUT2D eigenvalue weighted by Gasteiger charge is -2.28. The highest BCUT2D eigenvalue weighted by Crippen LogP contribution is 2.35. The average Bonchev–Trinajstić information content (AvgIpc) is 2.82. The van der Waals surface area contributed by atoms with Crippen molar-refractivity contribution in [2.24, 2.45) is 5.41 Å². The number of carbonyl (C=O) groups is 2. The number of hydrogen-bond donors (Lipinski definition) is 2. The molecule has 1 aromatic heterocycles. The third-order valence-corrected chi connectivity index (χ3v) is 4.41. The van der Waals surface area contributed by atoms with E-state index in [1.807, 2.05) is 6.92 Å². The summed E-state index contributed by atoms with van der Waals surface area (Å²) in [6.07, 6.45) is 7.37. The average molecular weight is 293 g/mol. The number of rotatable bonds is 5. The summed E-state index contributed by atoms with van der Waals surface area (Å²) in [5, 5.41) is 12.4. The predicted molar refractivity (Wildman–Crippen MR) is 78.2 cm³/mol. The molecule has 0 aromatic carbocycles. The number of nitrogens with one attached hydrogen (secondary N) is 1. The Labute approximate surface area is 124 Å². The normalized spacial score (nSPS) is 18.0. The molecule has 5 heteroatoms. The molecule has 0 atom stereocenters. The van der Waals surface area contributed by atoms with Crippen molar-refractivity contribution in [3.63, 3.8) is 0 Å². The smallest absolute Gasteiger partial charge is 0.311 e. The van der Waals surface area contributed by atoms with E-state index in [4.69, 9.17) is 4.42 Å². The summed E-state index contributed by atoms with van der Waals surface area (Å²) in [5.74, 6) is -0.407. The molecule has 116 valence electrons. The van der Waals surface area contributed by atoms with Gasteiger partial charge in [-0.05, 0) is 18.9 Å². The summed E-state index contributed by atoms with van der Waals surface area (Å²) in [6.45, 7) is 2.11. The SMILES string of the molecule is CCc1occc1C(=O)NCC1(C(=O)O)CCCCCC1. The third-order valence-electron chi connectivity index (χ3n) is 4.41. The monoisotopic (exact) mass is 293 g/mol. The van der Waals surface area contributed by atoms with Gasteiger partial charge in [-0.25, -0.2) is 0 Å². The minimum atomic E-state index is -0.817. The molecule has 1 aromatic rings. The van der Waals surface area contributed by atoms with Crippen LogP contribution in [-0.2, 0) is 11.2 Å². The quantitative estimate of drug-likeness (QED) is 0.818. The number of furan rings is 1. The summed E-state index contributed by atoms with van der Waals surface area (Å²) in [4.78, 5) is 23.9. The third kappa shape index (κ3) is 3.46. The van der Waals surface area contributed by atoms with Crippen LogP contribution in [0.15, 0.2) is 16.7 Å². The van der Waals surface area contributed by atoms with E-state index in [1.54, 1.807) is 6.07 Å². The molecule has 1 fully saturated rings. The Kier molecular flexibility index (Phi) is 5.04. The number of carboxylic acids is 1. The van der Waals surface area contributed by atoms with Crippen LogP contribution in [0.5, 0.6) is 0 Å². The van der Waals surface area contributed by atoms with Gasteiger partial charge in [0.1, 0.15) is 5.76 Å². The fourth-order valence-corrected chi connectivity index (χ4v) is 3.03. The molecule has 1 aliphatic carbocycles. The van der Waals surface area contributed by atoms with Gasteiger partial charge in [0.15, 0.2) is 0 Å². The fraction of sp³-hybridized carbons (Fsp3) is 0.625. The molecular weight excluding hydrogens is 270 g/mol. The van der Waals surface area contributed by atoms with E-state index < -0.39 is 11.4 Å². The lowest BCUT2D eigenvalue weighted by molar-refractivity contribution is -0.149. The second-order valence-electron chi connectivity index (χ2n) is 5.79. The first-order valence-electron chi connectivity index (χ1n) is 7.67. The zero-order chi connectivity index (χ0) is 15.3. The Hall–Kier alpha value is -1.78. The lowest BCUT2D eigenvalue weighted by atomic mass is 9.80. The molecule has 0 aliphatic heterocycles. The second-order valence-corrected chi connectivity index (χ2v) is 5.79. The zero-order valence-corrected chi connectivity index (χ0v) is 12.5. The van der Waals surface area contributed by atoms with E-state index >= 15 is 0 Å². The Morgan fingerprint density at radius 1 is 1.29 bits per heavy atom. The van der Waals surface area contributed by atoms with Crippen LogP contribution in [0, 0.1) is 5.41 Å². The van der Waals surface area contributed by atoms with Gasteiger partial charge in [0, 0.05) is 13.0 Å². The van der Waals surface area contributed by atoms with E-state index in [-0.39, 0.29) is 12.5 Å². The highest BCUT2D eigenvalue weighted by Gasteiger charge is 2.39. The maximum atomic E-state index is 12.2. The Balaban J connectivity index is 2.05. The number of hydrogen-bond acceptors (Lipinski definition) is 3. The van der Waals surface area contributed by atoms with Crippen LogP contribution in [0.3, 0.4) is 0 Å². The van der Waals surface area contributed by atoms with Crippen molar-refractivity contribution in [2.75, 3.05) is 6.54 Å². The standard InChI is InChI=1S/C16H23NO4/c1-2-13-12(7-10-21-13)14(18)17-11-16(15(19)20)8-5-3-4-6-9-16/h7,10H,2-6,8-9,11H2,1H3,(H,17,18)(H,19,20). The van der Waals surface area contributed by atoms with E-state index in [1.165, 1.54) is 6.26 Å². The number of aliphatic carboxylic acids is 1. The van der Waals surface area contributed by atoms with Gasteiger partial charge in [0.05, 0.1) is 17.2 Å². The molecule has 1 heterocycles. The van der Waals surface area contributed by atoms with Crippen molar-refractivity contribution in [1.82, 2.24) is 5.32 Å². The second kappa shape index (κ2) is 6.78. The molecule has 0 radical (unpaired) electrons. The molecule has 21 heavy (non-hydrogen) atoms. The largest absolute Gasteiger partial charge is 0.481 e. The van der Waals surface area contributed by atoms with Crippen LogP contribution in [-0.4, -0.2) is 23.5 Å². The molecular formula is C16H23NO4. The van der Waals surface area contributed by atoms with Gasteiger partial charge in [-0.3, -0.25) is 9.59 Å². The van der Waals surface area contributed by atoms with Crippen molar-refractivity contribution < 1.29 is 19.1 Å². The van der Waals surface area contributed by atoms with Crippen LogP contribution < -0.4 is 5.32 Å². The maximum Gasteiger partial charge on any atom is 0.311 e. The van der Waals surface area contributed by atoms with Gasteiger partial charge >= 0.3 is 5.97 Å². The van der Waals surface area contributed by atoms with E-state index in [9.17, 15) is 14.7 Å². The van der Waals surface area contributed by atoms with Gasteiger partial charge in [-0.1, -0.05) is 32.6 Å². The first-order chi connectivity index (χ1) is 10.1. The minimum absolute atomic E-state index is 0.190. The van der Waals surface area contributed by atoms with E-state index in [2.05, 4.69) is 5.32 Å². The highest BCUT2D eigenvalue weighted by atomic mass is 16.4. The molecule has 2 rings (SSSR count). The highest BCUT2D eigenvalue weighted by molar-refractivity contribution is 5.95. The maximum absolute atomic E-state index is 12.2. The molecule has 2 N–H and O–H groups in total. The Morgan fingerprint density at radius 2 is 1.95 bits per heavy atom. The molecule has 1 aliphatic rings. The molecule has 0 saturated heterocycles. The van der Waals surface area contributed by atoms with Crippen molar-refractivity contribution in [3.05, 3.63) is 23.7 Å². The first kappa shape index (κ1) is 15.6. The molecule has 1 amide bonds. The fourth-order valence-electron chi connectivity index (χ4n) is 3.03. The lowest BCUT2D eigenvalue weighted by Crippen LogP contribution is -2.43. The van der Waals surface area contributed by atoms with Crippen LogP contribution in [0.25, 0.3) is 0 Å². The Morgan fingerprint density at radius 3 is 2.52 bits per heavy atom. The zero-order valence-electron chi connectivity index (χ0n) is 12.5. The molecule has 5 nitrogen and oxygen atoms in total. The van der Waals surface area contributed by atoms with Crippen molar-refractivity contribution >= 4 is 11.9 Å². The van der Waals surface area contributed by atoms with Gasteiger partial charge in [-0.15, -0.1) is 0 Å². The van der Waals surface area contributed by atoms with Crippen LogP contribution in [0.4, 0.5) is 0 Å². The summed E-state index contributed by atoms with van der Waals surface area (Å²) in [6, 6.07) is 1.63. The Bertz CT molecular complexity index is 498. The number of carboxylic acid groups (broad SMARTS) is 1. The van der Waals surface area contributed by atoms with Crippen molar-refractivity contribution in [3.8, 4) is 0 Å². The first-order valence-corrected chi connectivity index (χ1v) is 7.67. The molecule has 0 bridgehead atoms. The molecule has 0 spiro atoms. The summed E-state index contributed by atoms with van der Waals surface area (Å²) in [7, 11) is 0. The van der Waals surface area contributed by atoms with Crippen LogP contribution in [0.2, 0.25) is 0 Å². The summed E-state index contributed by atoms with van der Waals surface area (Å²) < 4.78 is 5.24. The summed E-state index contributed by atoms with van der Waals surface area (Å²) in [5.41, 5.74) is -0.311. The van der Waals surface area contributed by atoms with E-state index in [0.717, 1.165) is 25.7 Å². The number of carbonyl (C=O) groups excluding carboxylic acids is 1. The predicted octanol–water partition coefficient (Wildman–Crippen LogP) is 3.00. The van der Waals surface area contributed by atoms with Crippen molar-refractivity contribution in [2.45, 2.75) is 51.9 Å². The van der Waals surface area contributed by atoms with Crippen LogP contribution >= 0.6 is 0 Å². The van der Waals surface area contributed by atoms with Gasteiger partial charge in [0.25, 0.3) is 5.91 Å². The van der Waals surface area contributed by atoms with Crippen molar-refractivity contribution in [1.29, 1.82) is 0 Å². The van der Waals surface area contributed by atoms with E-state index in [0.29, 0.717) is 30.6 Å². The topological polar surface area (TPSA) is 79.5 Å². The minimum Gasteiger partial charge on any atom is -0.481 e. The van der Waals surface area contributed by atoms with Gasteiger partial charge in [0.2, 0.25) is 0 Å². The van der Waals surface area contributed by atoms with Crippen LogP contribution in [0.1, 0.15) is 61.6 Å². The number of aryl methyl sites for hydroxylation is 1. The van der Waals surface area contributed by atoms with Gasteiger partial charge in [-0.2, -0.15) is 0 Å². The molecule has 0 unspecified atom stereocenters. The number of amides is 1.